The van der Waals surface area contributed by atoms with Gasteiger partial charge in [-0.15, -0.1) is 0 Å². The van der Waals surface area contributed by atoms with Crippen LogP contribution in [0.4, 0.5) is 0 Å². The van der Waals surface area contributed by atoms with E-state index in [2.05, 4.69) is 6.92 Å². The SMILES string of the molecule is CCCCCc1ccc(C(=O)COC(=O)CCCSCC[C@H]2C(=O)C[C@@H](O)[C@@H]2/C=C/[C@@H](O)Cc2cccc(COC)c2)cc1. The van der Waals surface area contributed by atoms with Crippen molar-refractivity contribution in [3.8, 4) is 0 Å². The lowest BCUT2D eigenvalue weighted by Crippen LogP contribution is -2.20. The minimum absolute atomic E-state index is 0.0499. The molecule has 3 rings (SSSR count). The molecular formula is C36H48O7S. The predicted octanol–water partition coefficient (Wildman–Crippen LogP) is 5.92. The largest absolute Gasteiger partial charge is 0.457 e. The predicted molar refractivity (Wildman–Crippen MR) is 175 cm³/mol. The Labute approximate surface area is 266 Å². The van der Waals surface area contributed by atoms with Gasteiger partial charge in [-0.05, 0) is 53.9 Å². The molecule has 0 radical (unpaired) electrons. The second-order valence-electron chi connectivity index (χ2n) is 11.6. The number of hydrogen-bond donors (Lipinski definition) is 2. The molecule has 1 aliphatic carbocycles. The summed E-state index contributed by atoms with van der Waals surface area (Å²) in [6.07, 6.45) is 8.57. The molecule has 0 amide bonds. The molecule has 1 aliphatic rings. The second-order valence-corrected chi connectivity index (χ2v) is 12.8. The van der Waals surface area contributed by atoms with Crippen molar-refractivity contribution in [1.29, 1.82) is 0 Å². The lowest BCUT2D eigenvalue weighted by Gasteiger charge is -2.18. The highest BCUT2D eigenvalue weighted by Gasteiger charge is 2.39. The van der Waals surface area contributed by atoms with Crippen LogP contribution in [0.5, 0.6) is 0 Å². The van der Waals surface area contributed by atoms with Gasteiger partial charge < -0.3 is 19.7 Å². The van der Waals surface area contributed by atoms with Crippen LogP contribution >= 0.6 is 11.8 Å². The quantitative estimate of drug-likeness (QED) is 0.0809. The lowest BCUT2D eigenvalue weighted by atomic mass is 9.91. The molecule has 240 valence electrons. The number of rotatable bonds is 20. The van der Waals surface area contributed by atoms with E-state index in [0.717, 1.165) is 35.5 Å². The summed E-state index contributed by atoms with van der Waals surface area (Å²) < 4.78 is 10.4. The maximum absolute atomic E-state index is 12.6. The van der Waals surface area contributed by atoms with Gasteiger partial charge in [0.2, 0.25) is 0 Å². The first-order chi connectivity index (χ1) is 21.3. The molecule has 0 aliphatic heterocycles. The number of ether oxygens (including phenoxy) is 2. The van der Waals surface area contributed by atoms with E-state index in [1.54, 1.807) is 43.2 Å². The second kappa shape index (κ2) is 19.6. The van der Waals surface area contributed by atoms with Gasteiger partial charge in [-0.1, -0.05) is 80.4 Å². The van der Waals surface area contributed by atoms with Crippen molar-refractivity contribution < 1.29 is 34.1 Å². The van der Waals surface area contributed by atoms with Crippen molar-refractivity contribution in [2.75, 3.05) is 25.2 Å². The first kappa shape index (κ1) is 35.7. The third kappa shape index (κ3) is 12.3. The molecule has 7 nitrogen and oxygen atoms in total. The van der Waals surface area contributed by atoms with Gasteiger partial charge in [-0.3, -0.25) is 14.4 Å². The van der Waals surface area contributed by atoms with E-state index in [4.69, 9.17) is 9.47 Å². The summed E-state index contributed by atoms with van der Waals surface area (Å²) in [6, 6.07) is 15.4. The van der Waals surface area contributed by atoms with E-state index in [1.165, 1.54) is 18.4 Å². The van der Waals surface area contributed by atoms with E-state index in [1.807, 2.05) is 36.4 Å². The summed E-state index contributed by atoms with van der Waals surface area (Å²) in [5.41, 5.74) is 3.79. The van der Waals surface area contributed by atoms with E-state index in [0.29, 0.717) is 31.4 Å². The Morgan fingerprint density at radius 3 is 2.57 bits per heavy atom. The summed E-state index contributed by atoms with van der Waals surface area (Å²) in [5.74, 6) is 0.308. The number of benzene rings is 2. The highest BCUT2D eigenvalue weighted by molar-refractivity contribution is 7.99. The number of esters is 1. The molecule has 0 saturated heterocycles. The van der Waals surface area contributed by atoms with Crippen molar-refractivity contribution in [1.82, 2.24) is 0 Å². The minimum Gasteiger partial charge on any atom is -0.457 e. The van der Waals surface area contributed by atoms with Crippen LogP contribution < -0.4 is 0 Å². The zero-order valence-corrected chi connectivity index (χ0v) is 26.9. The van der Waals surface area contributed by atoms with Crippen molar-refractivity contribution >= 4 is 29.3 Å². The number of aliphatic hydroxyl groups excluding tert-OH is 2. The maximum Gasteiger partial charge on any atom is 0.306 e. The molecular weight excluding hydrogens is 576 g/mol. The van der Waals surface area contributed by atoms with Crippen molar-refractivity contribution in [3.05, 3.63) is 82.9 Å². The number of aryl methyl sites for hydroxylation is 1. The van der Waals surface area contributed by atoms with Crippen LogP contribution in [-0.4, -0.2) is 65.2 Å². The number of carbonyl (C=O) groups is 3. The van der Waals surface area contributed by atoms with Crippen LogP contribution in [0.15, 0.2) is 60.7 Å². The Bertz CT molecular complexity index is 1210. The number of methoxy groups -OCH3 is 1. The average molecular weight is 625 g/mol. The Kier molecular flexibility index (Phi) is 15.9. The highest BCUT2D eigenvalue weighted by atomic mass is 32.2. The molecule has 0 heterocycles. The Morgan fingerprint density at radius 2 is 1.82 bits per heavy atom. The molecule has 1 fully saturated rings. The Morgan fingerprint density at radius 1 is 1.05 bits per heavy atom. The fourth-order valence-electron chi connectivity index (χ4n) is 5.54. The van der Waals surface area contributed by atoms with Crippen LogP contribution in [0.2, 0.25) is 0 Å². The molecule has 0 spiro atoms. The van der Waals surface area contributed by atoms with E-state index >= 15 is 0 Å². The van der Waals surface area contributed by atoms with Crippen LogP contribution in [0.3, 0.4) is 0 Å². The monoisotopic (exact) mass is 624 g/mol. The van der Waals surface area contributed by atoms with E-state index in [9.17, 15) is 24.6 Å². The molecule has 44 heavy (non-hydrogen) atoms. The molecule has 2 N–H and O–H groups in total. The van der Waals surface area contributed by atoms with Crippen LogP contribution in [0, 0.1) is 11.8 Å². The van der Waals surface area contributed by atoms with Gasteiger partial charge in [0.25, 0.3) is 0 Å². The Hall–Kier alpha value is -2.78. The van der Waals surface area contributed by atoms with Gasteiger partial charge >= 0.3 is 5.97 Å². The molecule has 2 aromatic rings. The summed E-state index contributed by atoms with van der Waals surface area (Å²) in [7, 11) is 1.64. The zero-order chi connectivity index (χ0) is 31.7. The summed E-state index contributed by atoms with van der Waals surface area (Å²) in [6.45, 7) is 2.43. The van der Waals surface area contributed by atoms with Gasteiger partial charge in [-0.2, -0.15) is 11.8 Å². The van der Waals surface area contributed by atoms with Crippen LogP contribution in [-0.2, 0) is 38.5 Å². The third-order valence-corrected chi connectivity index (χ3v) is 9.09. The number of ketones is 2. The first-order valence-electron chi connectivity index (χ1n) is 15.8. The van der Waals surface area contributed by atoms with Crippen LogP contribution in [0.1, 0.15) is 78.9 Å². The minimum atomic E-state index is -0.743. The molecule has 1 saturated carbocycles. The lowest BCUT2D eigenvalue weighted by molar-refractivity contribution is -0.142. The normalized spacial score (nSPS) is 19.0. The molecule has 8 heteroatoms. The smallest absolute Gasteiger partial charge is 0.306 e. The number of thioether (sulfide) groups is 1. The highest BCUT2D eigenvalue weighted by Crippen LogP contribution is 2.34. The van der Waals surface area contributed by atoms with Gasteiger partial charge in [0, 0.05) is 43.8 Å². The average Bonchev–Trinajstić information content (AvgIpc) is 3.28. The maximum atomic E-state index is 12.6. The number of hydrogen-bond acceptors (Lipinski definition) is 8. The molecule has 4 atom stereocenters. The van der Waals surface area contributed by atoms with Crippen LogP contribution in [0.25, 0.3) is 0 Å². The van der Waals surface area contributed by atoms with Crippen molar-refractivity contribution in [2.45, 2.75) is 83.5 Å². The Balaban J connectivity index is 1.32. The van der Waals surface area contributed by atoms with Crippen molar-refractivity contribution in [3.63, 3.8) is 0 Å². The fourth-order valence-corrected chi connectivity index (χ4v) is 6.51. The summed E-state index contributed by atoms with van der Waals surface area (Å²) in [4.78, 5) is 37.1. The van der Waals surface area contributed by atoms with Gasteiger partial charge in [-0.25, -0.2) is 0 Å². The zero-order valence-electron chi connectivity index (χ0n) is 26.1. The summed E-state index contributed by atoms with van der Waals surface area (Å²) >= 11 is 1.66. The molecule has 2 aromatic carbocycles. The molecule has 0 aromatic heterocycles. The molecule has 0 bridgehead atoms. The first-order valence-corrected chi connectivity index (χ1v) is 17.0. The van der Waals surface area contributed by atoms with Gasteiger partial charge in [0.05, 0.1) is 18.8 Å². The summed E-state index contributed by atoms with van der Waals surface area (Å²) in [5, 5.41) is 21.1. The van der Waals surface area contributed by atoms with E-state index < -0.39 is 18.2 Å². The number of carbonyl (C=O) groups excluding carboxylic acids is 3. The fraction of sp³-hybridized carbons (Fsp3) is 0.528. The third-order valence-electron chi connectivity index (χ3n) is 7.99. The van der Waals surface area contributed by atoms with Gasteiger partial charge in [0.1, 0.15) is 5.78 Å². The van der Waals surface area contributed by atoms with Gasteiger partial charge in [0.15, 0.2) is 12.4 Å². The standard InChI is InChI=1S/C36H48O7S/c1-3-4-5-8-26-12-14-29(15-13-26)35(40)25-43-36(41)11-7-19-44-20-18-32-31(33(38)23-34(32)39)17-16-30(37)22-27-9-6-10-28(21-27)24-42-2/h6,9-10,12-17,21,30-33,37-38H,3-5,7-8,11,18-20,22-25H2,1-2H3/b17-16+/t30-,31-,32-,33-/m1/s1. The number of unbranched alkanes of at least 4 members (excludes halogenated alkanes) is 2. The van der Waals surface area contributed by atoms with Crippen molar-refractivity contribution in [2.24, 2.45) is 11.8 Å². The topological polar surface area (TPSA) is 110 Å². The van der Waals surface area contributed by atoms with E-state index in [-0.39, 0.29) is 42.9 Å². The molecule has 0 unspecified atom stereocenters. The number of aliphatic hydroxyl groups is 2. The number of Topliss-reactive ketones (excluding diaryl/α,β-unsaturated/α-hetero) is 2.